The number of ketones is 5. The van der Waals surface area contributed by atoms with Crippen LogP contribution in [0.15, 0.2) is 36.5 Å². The van der Waals surface area contributed by atoms with E-state index in [1.807, 2.05) is 12.2 Å². The van der Waals surface area contributed by atoms with Crippen LogP contribution in [0.3, 0.4) is 0 Å². The molecule has 0 atom stereocenters. The van der Waals surface area contributed by atoms with Gasteiger partial charge in [-0.1, -0.05) is 94.7 Å². The molecule has 0 bridgehead atoms. The Hall–Kier alpha value is -2.43. The van der Waals surface area contributed by atoms with Crippen molar-refractivity contribution in [2.75, 3.05) is 0 Å². The van der Waals surface area contributed by atoms with Crippen LogP contribution in [-0.4, -0.2) is 28.9 Å². The molecule has 0 N–H and O–H groups in total. The first-order chi connectivity index (χ1) is 20.4. The van der Waals surface area contributed by atoms with Gasteiger partial charge in [0, 0.05) is 51.9 Å². The maximum Gasteiger partial charge on any atom is 0.198 e. The SMILES string of the molecule is CCCCCCCC=CC=CCCCCCCC(=O)CCC=CCC(=O)CCCC(=O)CCCCCCC(=O)C(C)=O. The summed E-state index contributed by atoms with van der Waals surface area (Å²) in [6, 6.07) is 0. The number of allylic oxidation sites excluding steroid dienone is 6. The predicted molar refractivity (Wildman–Crippen MR) is 175 cm³/mol. The zero-order valence-electron chi connectivity index (χ0n) is 27.0. The average Bonchev–Trinajstić information content (AvgIpc) is 2.96. The first-order valence-corrected chi connectivity index (χ1v) is 16.9. The summed E-state index contributed by atoms with van der Waals surface area (Å²) in [7, 11) is 0. The van der Waals surface area contributed by atoms with Crippen LogP contribution in [0.2, 0.25) is 0 Å². The van der Waals surface area contributed by atoms with Crippen LogP contribution in [0.25, 0.3) is 0 Å². The number of Topliss-reactive ketones (excluding diaryl/α,β-unsaturated/α-hetero) is 5. The zero-order chi connectivity index (χ0) is 31.1. The molecular weight excluding hydrogens is 524 g/mol. The number of unbranched alkanes of at least 4 members (excludes halogenated alkanes) is 12. The molecule has 0 spiro atoms. The van der Waals surface area contributed by atoms with E-state index in [9.17, 15) is 24.0 Å². The van der Waals surface area contributed by atoms with E-state index in [4.69, 9.17) is 0 Å². The third-order valence-electron chi connectivity index (χ3n) is 7.45. The second-order valence-corrected chi connectivity index (χ2v) is 11.6. The van der Waals surface area contributed by atoms with Gasteiger partial charge in [0.05, 0.1) is 0 Å². The quantitative estimate of drug-likeness (QED) is 0.0350. The van der Waals surface area contributed by atoms with Crippen molar-refractivity contribution in [1.82, 2.24) is 0 Å². The van der Waals surface area contributed by atoms with Gasteiger partial charge in [-0.3, -0.25) is 24.0 Å². The van der Waals surface area contributed by atoms with Crippen LogP contribution in [0.4, 0.5) is 0 Å². The van der Waals surface area contributed by atoms with E-state index < -0.39 is 0 Å². The Morgan fingerprint density at radius 1 is 0.429 bits per heavy atom. The van der Waals surface area contributed by atoms with Crippen LogP contribution >= 0.6 is 0 Å². The largest absolute Gasteiger partial charge is 0.300 e. The number of rotatable bonds is 31. The van der Waals surface area contributed by atoms with E-state index in [2.05, 4.69) is 31.2 Å². The van der Waals surface area contributed by atoms with Crippen LogP contribution in [-0.2, 0) is 24.0 Å². The van der Waals surface area contributed by atoms with E-state index in [-0.39, 0.29) is 23.1 Å². The Labute approximate surface area is 257 Å². The minimum atomic E-state index is -0.386. The van der Waals surface area contributed by atoms with Crippen LogP contribution in [0.1, 0.15) is 168 Å². The van der Waals surface area contributed by atoms with Gasteiger partial charge < -0.3 is 0 Å². The molecular formula is C37H60O5. The minimum Gasteiger partial charge on any atom is -0.300 e. The molecule has 42 heavy (non-hydrogen) atoms. The van der Waals surface area contributed by atoms with Gasteiger partial charge in [-0.2, -0.15) is 0 Å². The summed E-state index contributed by atoms with van der Waals surface area (Å²) in [4.78, 5) is 58.2. The molecule has 0 unspecified atom stereocenters. The van der Waals surface area contributed by atoms with Gasteiger partial charge in [-0.25, -0.2) is 0 Å². The second-order valence-electron chi connectivity index (χ2n) is 11.6. The fraction of sp³-hybridized carbons (Fsp3) is 0.703. The molecule has 0 saturated carbocycles. The Morgan fingerprint density at radius 3 is 1.48 bits per heavy atom. The van der Waals surface area contributed by atoms with E-state index in [1.165, 1.54) is 58.3 Å². The van der Waals surface area contributed by atoms with Crippen molar-refractivity contribution < 1.29 is 24.0 Å². The lowest BCUT2D eigenvalue weighted by atomic mass is 10.0. The maximum absolute atomic E-state index is 12.1. The predicted octanol–water partition coefficient (Wildman–Crippen LogP) is 9.90. The molecule has 0 rings (SSSR count). The summed E-state index contributed by atoms with van der Waals surface area (Å²) in [5, 5.41) is 0. The monoisotopic (exact) mass is 584 g/mol. The average molecular weight is 585 g/mol. The Bertz CT molecular complexity index is 833. The van der Waals surface area contributed by atoms with Crippen molar-refractivity contribution in [2.24, 2.45) is 0 Å². The molecule has 0 heterocycles. The molecule has 5 nitrogen and oxygen atoms in total. The highest BCUT2D eigenvalue weighted by Gasteiger charge is 2.08. The van der Waals surface area contributed by atoms with Gasteiger partial charge in [-0.15, -0.1) is 0 Å². The van der Waals surface area contributed by atoms with Crippen molar-refractivity contribution in [3.63, 3.8) is 0 Å². The fourth-order valence-electron chi connectivity index (χ4n) is 4.70. The first kappa shape index (κ1) is 39.6. The highest BCUT2D eigenvalue weighted by Crippen LogP contribution is 2.11. The third kappa shape index (κ3) is 29.1. The summed E-state index contributed by atoms with van der Waals surface area (Å²) in [5.74, 6) is -0.0947. The van der Waals surface area contributed by atoms with E-state index in [1.54, 1.807) is 0 Å². The molecule has 0 radical (unpaired) electrons. The molecule has 0 aliphatic carbocycles. The molecule has 0 aromatic rings. The second kappa shape index (κ2) is 30.0. The lowest BCUT2D eigenvalue weighted by Crippen LogP contribution is -2.08. The highest BCUT2D eigenvalue weighted by molar-refractivity contribution is 6.36. The summed E-state index contributed by atoms with van der Waals surface area (Å²) in [6.45, 7) is 3.54. The maximum atomic E-state index is 12.1. The highest BCUT2D eigenvalue weighted by atomic mass is 16.2. The molecule has 0 aliphatic rings. The number of hydrogen-bond acceptors (Lipinski definition) is 5. The van der Waals surface area contributed by atoms with Gasteiger partial charge >= 0.3 is 0 Å². The zero-order valence-corrected chi connectivity index (χ0v) is 27.0. The summed E-state index contributed by atoms with van der Waals surface area (Å²) in [6.07, 6.45) is 33.7. The molecule has 0 amide bonds. The van der Waals surface area contributed by atoms with Gasteiger partial charge in [0.25, 0.3) is 0 Å². The van der Waals surface area contributed by atoms with Gasteiger partial charge in [0.15, 0.2) is 11.6 Å². The van der Waals surface area contributed by atoms with Gasteiger partial charge in [-0.05, 0) is 57.8 Å². The standard InChI is InChI=1S/C37H60O5/c1-3-4-5-6-7-8-9-10-11-12-13-14-15-16-20-26-34(39)28-22-19-23-29-36(41)31-25-30-35(40)27-21-17-18-24-32-37(42)33(2)38/h9-12,19,23H,3-8,13-18,20-22,24-32H2,1-2H3. The van der Waals surface area contributed by atoms with E-state index in [0.29, 0.717) is 70.0 Å². The van der Waals surface area contributed by atoms with Crippen molar-refractivity contribution >= 4 is 28.9 Å². The van der Waals surface area contributed by atoms with Gasteiger partial charge in [0.1, 0.15) is 17.3 Å². The first-order valence-electron chi connectivity index (χ1n) is 16.9. The number of carbonyl (C=O) groups is 5. The molecule has 0 saturated heterocycles. The van der Waals surface area contributed by atoms with Gasteiger partial charge in [0.2, 0.25) is 0 Å². The van der Waals surface area contributed by atoms with Crippen molar-refractivity contribution in [3.8, 4) is 0 Å². The van der Waals surface area contributed by atoms with Crippen molar-refractivity contribution in [3.05, 3.63) is 36.5 Å². The normalized spacial score (nSPS) is 11.7. The smallest absolute Gasteiger partial charge is 0.198 e. The Kier molecular flexibility index (Phi) is 28.3. The Morgan fingerprint density at radius 2 is 0.905 bits per heavy atom. The topological polar surface area (TPSA) is 85.3 Å². The van der Waals surface area contributed by atoms with Crippen LogP contribution in [0.5, 0.6) is 0 Å². The lowest BCUT2D eigenvalue weighted by molar-refractivity contribution is -0.135. The molecule has 0 fully saturated rings. The third-order valence-corrected chi connectivity index (χ3v) is 7.45. The Balaban J connectivity index is 3.57. The van der Waals surface area contributed by atoms with E-state index >= 15 is 0 Å². The van der Waals surface area contributed by atoms with Crippen molar-refractivity contribution in [1.29, 1.82) is 0 Å². The lowest BCUT2D eigenvalue weighted by Gasteiger charge is -2.02. The summed E-state index contributed by atoms with van der Waals surface area (Å²) in [5.41, 5.74) is 0. The summed E-state index contributed by atoms with van der Waals surface area (Å²) >= 11 is 0. The molecule has 0 aliphatic heterocycles. The fourth-order valence-corrected chi connectivity index (χ4v) is 4.70. The molecule has 238 valence electrons. The minimum absolute atomic E-state index is 0.129. The van der Waals surface area contributed by atoms with Crippen molar-refractivity contribution in [2.45, 2.75) is 168 Å². The summed E-state index contributed by atoms with van der Waals surface area (Å²) < 4.78 is 0. The molecule has 5 heteroatoms. The van der Waals surface area contributed by atoms with Crippen LogP contribution in [0, 0.1) is 0 Å². The molecule has 0 aromatic carbocycles. The van der Waals surface area contributed by atoms with Crippen LogP contribution < -0.4 is 0 Å². The number of hydrogen-bond donors (Lipinski definition) is 0. The number of carbonyl (C=O) groups excluding carboxylic acids is 5. The molecule has 0 aromatic heterocycles. The van der Waals surface area contributed by atoms with E-state index in [0.717, 1.165) is 38.5 Å².